The van der Waals surface area contributed by atoms with Crippen LogP contribution in [0.3, 0.4) is 0 Å². The van der Waals surface area contributed by atoms with E-state index in [0.717, 1.165) is 11.1 Å². The third-order valence-electron chi connectivity index (χ3n) is 1.94. The number of benzene rings is 1. The maximum atomic E-state index is 9.32. The van der Waals surface area contributed by atoms with Crippen molar-refractivity contribution in [2.75, 3.05) is 6.54 Å². The van der Waals surface area contributed by atoms with Crippen LogP contribution >= 0.6 is 11.6 Å². The van der Waals surface area contributed by atoms with E-state index in [-0.39, 0.29) is 16.5 Å². The molecule has 0 saturated heterocycles. The average Bonchev–Trinajstić information content (AvgIpc) is 2.09. The lowest BCUT2D eigenvalue weighted by molar-refractivity contribution is 0.403. The van der Waals surface area contributed by atoms with E-state index in [1.54, 1.807) is 0 Å². The zero-order valence-corrected chi connectivity index (χ0v) is 8.10. The molecule has 13 heavy (non-hydrogen) atoms. The van der Waals surface area contributed by atoms with Crippen molar-refractivity contribution in [3.8, 4) is 11.5 Å². The largest absolute Gasteiger partial charge is 0.504 e. The zero-order chi connectivity index (χ0) is 10.0. The smallest absolute Gasteiger partial charge is 0.176 e. The molecule has 4 N–H and O–H groups in total. The molecular weight excluding hydrogens is 190 g/mol. The molecule has 0 spiro atoms. The standard InChI is InChI=1S/C9H12ClNO2/c1-5-4-7(12)9(13)8(10)6(5)2-3-11/h4,12-13H,2-3,11H2,1H3. The van der Waals surface area contributed by atoms with Crippen LogP contribution in [0, 0.1) is 6.92 Å². The molecule has 3 nitrogen and oxygen atoms in total. The first-order valence-corrected chi connectivity index (χ1v) is 4.35. The number of aryl methyl sites for hydroxylation is 1. The molecule has 0 aliphatic heterocycles. The molecule has 0 aliphatic rings. The van der Waals surface area contributed by atoms with Gasteiger partial charge < -0.3 is 15.9 Å². The van der Waals surface area contributed by atoms with Crippen LogP contribution in [0.5, 0.6) is 11.5 Å². The second-order valence-electron chi connectivity index (χ2n) is 2.89. The summed E-state index contributed by atoms with van der Waals surface area (Å²) in [6.45, 7) is 2.28. The number of aromatic hydroxyl groups is 2. The Morgan fingerprint density at radius 3 is 2.62 bits per heavy atom. The van der Waals surface area contributed by atoms with Gasteiger partial charge in [-0.15, -0.1) is 0 Å². The van der Waals surface area contributed by atoms with Crippen molar-refractivity contribution in [2.45, 2.75) is 13.3 Å². The number of hydrogen-bond acceptors (Lipinski definition) is 3. The van der Waals surface area contributed by atoms with E-state index >= 15 is 0 Å². The highest BCUT2D eigenvalue weighted by atomic mass is 35.5. The molecule has 0 radical (unpaired) electrons. The summed E-state index contributed by atoms with van der Waals surface area (Å²) >= 11 is 5.82. The van der Waals surface area contributed by atoms with Gasteiger partial charge in [0.05, 0.1) is 5.02 Å². The second-order valence-corrected chi connectivity index (χ2v) is 3.27. The fraction of sp³-hybridized carbons (Fsp3) is 0.333. The number of phenolic OH excluding ortho intramolecular Hbond substituents is 2. The van der Waals surface area contributed by atoms with Crippen LogP contribution in [0.1, 0.15) is 11.1 Å². The van der Waals surface area contributed by atoms with E-state index in [1.807, 2.05) is 6.92 Å². The van der Waals surface area contributed by atoms with Crippen LogP contribution in [0.25, 0.3) is 0 Å². The molecule has 0 unspecified atom stereocenters. The summed E-state index contributed by atoms with van der Waals surface area (Å²) in [5.74, 6) is -0.459. The normalized spacial score (nSPS) is 10.4. The number of halogens is 1. The predicted molar refractivity (Wildman–Crippen MR) is 52.3 cm³/mol. The van der Waals surface area contributed by atoms with Crippen LogP contribution < -0.4 is 5.73 Å². The Balaban J connectivity index is 3.26. The van der Waals surface area contributed by atoms with E-state index in [0.29, 0.717) is 13.0 Å². The molecule has 0 aromatic heterocycles. The molecule has 4 heteroatoms. The Hall–Kier alpha value is -0.930. The topological polar surface area (TPSA) is 66.5 Å². The average molecular weight is 202 g/mol. The van der Waals surface area contributed by atoms with Gasteiger partial charge in [0.1, 0.15) is 0 Å². The summed E-state index contributed by atoms with van der Waals surface area (Å²) in [4.78, 5) is 0. The first-order chi connectivity index (χ1) is 6.07. The van der Waals surface area contributed by atoms with Crippen molar-refractivity contribution >= 4 is 11.6 Å². The minimum absolute atomic E-state index is 0.191. The molecule has 0 atom stereocenters. The van der Waals surface area contributed by atoms with Crippen LogP contribution in [0.4, 0.5) is 0 Å². The predicted octanol–water partition coefficient (Wildman–Crippen LogP) is 1.56. The number of hydrogen-bond donors (Lipinski definition) is 3. The van der Waals surface area contributed by atoms with Gasteiger partial charge in [0, 0.05) is 0 Å². The fourth-order valence-corrected chi connectivity index (χ4v) is 1.58. The van der Waals surface area contributed by atoms with Gasteiger partial charge in [0.2, 0.25) is 0 Å². The molecule has 1 rings (SSSR count). The van der Waals surface area contributed by atoms with E-state index in [2.05, 4.69) is 0 Å². The monoisotopic (exact) mass is 201 g/mol. The Labute approximate surface area is 81.8 Å². The molecule has 1 aromatic carbocycles. The highest BCUT2D eigenvalue weighted by molar-refractivity contribution is 6.33. The number of nitrogens with two attached hydrogens (primary N) is 1. The minimum Gasteiger partial charge on any atom is -0.504 e. The maximum Gasteiger partial charge on any atom is 0.176 e. The van der Waals surface area contributed by atoms with Gasteiger partial charge in [0.25, 0.3) is 0 Å². The van der Waals surface area contributed by atoms with Crippen LogP contribution in [-0.4, -0.2) is 16.8 Å². The SMILES string of the molecule is Cc1cc(O)c(O)c(Cl)c1CCN. The lowest BCUT2D eigenvalue weighted by atomic mass is 10.0. The highest BCUT2D eigenvalue weighted by Crippen LogP contribution is 2.37. The van der Waals surface area contributed by atoms with Gasteiger partial charge in [-0.1, -0.05) is 11.6 Å². The Morgan fingerprint density at radius 2 is 2.08 bits per heavy atom. The van der Waals surface area contributed by atoms with Crippen molar-refractivity contribution in [1.29, 1.82) is 0 Å². The second kappa shape index (κ2) is 3.85. The van der Waals surface area contributed by atoms with Crippen LogP contribution in [-0.2, 0) is 6.42 Å². The first kappa shape index (κ1) is 10.2. The summed E-state index contributed by atoms with van der Waals surface area (Å²) in [6, 6.07) is 1.48. The molecular formula is C9H12ClNO2. The van der Waals surface area contributed by atoms with E-state index < -0.39 is 0 Å². The quantitative estimate of drug-likeness (QED) is 0.637. The van der Waals surface area contributed by atoms with Gasteiger partial charge in [0.15, 0.2) is 11.5 Å². The first-order valence-electron chi connectivity index (χ1n) is 3.98. The van der Waals surface area contributed by atoms with Crippen molar-refractivity contribution in [2.24, 2.45) is 5.73 Å². The summed E-state index contributed by atoms with van der Waals surface area (Å²) in [5.41, 5.74) is 7.01. The van der Waals surface area contributed by atoms with Crippen molar-refractivity contribution in [3.05, 3.63) is 22.2 Å². The summed E-state index contributed by atoms with van der Waals surface area (Å²) in [7, 11) is 0. The highest BCUT2D eigenvalue weighted by Gasteiger charge is 2.12. The molecule has 0 fully saturated rings. The minimum atomic E-state index is -0.268. The lowest BCUT2D eigenvalue weighted by Gasteiger charge is -2.09. The summed E-state index contributed by atoms with van der Waals surface area (Å²) in [6.07, 6.45) is 0.596. The fourth-order valence-electron chi connectivity index (χ4n) is 1.24. The number of phenols is 2. The third kappa shape index (κ3) is 1.87. The molecule has 0 amide bonds. The molecule has 0 bridgehead atoms. The Kier molecular flexibility index (Phi) is 3.01. The van der Waals surface area contributed by atoms with Gasteiger partial charge in [-0.2, -0.15) is 0 Å². The van der Waals surface area contributed by atoms with E-state index in [1.165, 1.54) is 6.07 Å². The maximum absolute atomic E-state index is 9.32. The van der Waals surface area contributed by atoms with E-state index in [4.69, 9.17) is 17.3 Å². The molecule has 0 heterocycles. The van der Waals surface area contributed by atoms with Gasteiger partial charge >= 0.3 is 0 Å². The lowest BCUT2D eigenvalue weighted by Crippen LogP contribution is -2.04. The number of rotatable bonds is 2. The molecule has 0 saturated carbocycles. The van der Waals surface area contributed by atoms with Gasteiger partial charge in [-0.05, 0) is 37.1 Å². The van der Waals surface area contributed by atoms with Gasteiger partial charge in [-0.25, -0.2) is 0 Å². The molecule has 72 valence electrons. The Bertz CT molecular complexity index is 326. The van der Waals surface area contributed by atoms with Crippen molar-refractivity contribution in [3.63, 3.8) is 0 Å². The van der Waals surface area contributed by atoms with Crippen molar-refractivity contribution in [1.82, 2.24) is 0 Å². The summed E-state index contributed by atoms with van der Waals surface area (Å²) in [5, 5.41) is 18.7. The van der Waals surface area contributed by atoms with Crippen LogP contribution in [0.2, 0.25) is 5.02 Å². The Morgan fingerprint density at radius 1 is 1.46 bits per heavy atom. The van der Waals surface area contributed by atoms with E-state index in [9.17, 15) is 10.2 Å². The molecule has 0 aliphatic carbocycles. The third-order valence-corrected chi connectivity index (χ3v) is 2.35. The van der Waals surface area contributed by atoms with Crippen molar-refractivity contribution < 1.29 is 10.2 Å². The molecule has 1 aromatic rings. The van der Waals surface area contributed by atoms with Gasteiger partial charge in [-0.3, -0.25) is 0 Å². The zero-order valence-electron chi connectivity index (χ0n) is 7.34. The summed E-state index contributed by atoms with van der Waals surface area (Å²) < 4.78 is 0. The van der Waals surface area contributed by atoms with Crippen LogP contribution in [0.15, 0.2) is 6.07 Å².